The number of rotatable bonds is 7. The number of sulfone groups is 1. The Labute approximate surface area is 165 Å². The van der Waals surface area contributed by atoms with E-state index in [0.29, 0.717) is 22.2 Å². The summed E-state index contributed by atoms with van der Waals surface area (Å²) in [7, 11) is -3.25. The quantitative estimate of drug-likeness (QED) is 0.622. The van der Waals surface area contributed by atoms with Gasteiger partial charge in [0.05, 0.1) is 27.8 Å². The standard InChI is InChI=1S/C17H16ClN3O4S2/c1-2-27(23,24)13-6-3-11(4-7-13)9-15(22)19-17-21-20-16(25-17)10-12-5-8-14(18)26-12/h3-8H,2,9-10H2,1H3,(H,19,21,22). The van der Waals surface area contributed by atoms with E-state index in [9.17, 15) is 13.2 Å². The molecule has 2 aromatic heterocycles. The Morgan fingerprint density at radius 1 is 1.19 bits per heavy atom. The first-order valence-electron chi connectivity index (χ1n) is 8.04. The van der Waals surface area contributed by atoms with Gasteiger partial charge in [-0.2, -0.15) is 0 Å². The zero-order valence-corrected chi connectivity index (χ0v) is 16.7. The third kappa shape index (κ3) is 5.15. The van der Waals surface area contributed by atoms with Crippen LogP contribution in [0.3, 0.4) is 0 Å². The molecule has 0 radical (unpaired) electrons. The molecule has 0 spiro atoms. The Morgan fingerprint density at radius 3 is 2.56 bits per heavy atom. The normalized spacial score (nSPS) is 11.5. The van der Waals surface area contributed by atoms with Crippen LogP contribution in [0, 0.1) is 0 Å². The van der Waals surface area contributed by atoms with Gasteiger partial charge in [0.1, 0.15) is 0 Å². The van der Waals surface area contributed by atoms with Crippen LogP contribution in [-0.2, 0) is 27.5 Å². The molecule has 0 fully saturated rings. The van der Waals surface area contributed by atoms with Crippen molar-refractivity contribution in [2.24, 2.45) is 0 Å². The van der Waals surface area contributed by atoms with Crippen molar-refractivity contribution in [3.63, 3.8) is 0 Å². The molecule has 3 rings (SSSR count). The van der Waals surface area contributed by atoms with Gasteiger partial charge in [-0.05, 0) is 29.8 Å². The minimum atomic E-state index is -3.25. The van der Waals surface area contributed by atoms with Crippen LogP contribution >= 0.6 is 22.9 Å². The lowest BCUT2D eigenvalue weighted by molar-refractivity contribution is -0.115. The monoisotopic (exact) mass is 425 g/mol. The molecule has 0 aliphatic rings. The van der Waals surface area contributed by atoms with Crippen LogP contribution in [0.5, 0.6) is 0 Å². The topological polar surface area (TPSA) is 102 Å². The molecule has 10 heteroatoms. The van der Waals surface area contributed by atoms with Crippen molar-refractivity contribution in [2.45, 2.75) is 24.7 Å². The molecule has 0 aliphatic carbocycles. The third-order valence-electron chi connectivity index (χ3n) is 3.69. The smallest absolute Gasteiger partial charge is 0.322 e. The van der Waals surface area contributed by atoms with E-state index in [1.165, 1.54) is 23.5 Å². The number of anilines is 1. The summed E-state index contributed by atoms with van der Waals surface area (Å²) in [6.45, 7) is 1.59. The Morgan fingerprint density at radius 2 is 1.93 bits per heavy atom. The van der Waals surface area contributed by atoms with Crippen LogP contribution in [0.2, 0.25) is 4.34 Å². The second-order valence-electron chi connectivity index (χ2n) is 5.66. The van der Waals surface area contributed by atoms with Crippen molar-refractivity contribution in [2.75, 3.05) is 11.1 Å². The van der Waals surface area contributed by atoms with E-state index in [1.807, 2.05) is 6.07 Å². The molecule has 0 saturated heterocycles. The molecule has 3 aromatic rings. The van der Waals surface area contributed by atoms with Crippen LogP contribution in [-0.4, -0.2) is 30.3 Å². The third-order valence-corrected chi connectivity index (χ3v) is 6.68. The van der Waals surface area contributed by atoms with Crippen molar-refractivity contribution in [3.05, 3.63) is 57.1 Å². The number of carbonyl (C=O) groups excluding carboxylic acids is 1. The fraction of sp³-hybridized carbons (Fsp3) is 0.235. The summed E-state index contributed by atoms with van der Waals surface area (Å²) in [5, 5.41) is 10.2. The van der Waals surface area contributed by atoms with Gasteiger partial charge in [-0.15, -0.1) is 16.4 Å². The van der Waals surface area contributed by atoms with E-state index in [4.69, 9.17) is 16.0 Å². The number of aromatic nitrogens is 2. The number of hydrogen-bond acceptors (Lipinski definition) is 7. The summed E-state index contributed by atoms with van der Waals surface area (Å²) in [6.07, 6.45) is 0.498. The number of benzene rings is 1. The minimum absolute atomic E-state index is 0.0165. The van der Waals surface area contributed by atoms with Gasteiger partial charge in [-0.25, -0.2) is 8.42 Å². The number of hydrogen-bond donors (Lipinski definition) is 1. The molecule has 0 aliphatic heterocycles. The highest BCUT2D eigenvalue weighted by Gasteiger charge is 2.14. The predicted molar refractivity (Wildman–Crippen MR) is 103 cm³/mol. The molecule has 0 unspecified atom stereocenters. The van der Waals surface area contributed by atoms with E-state index in [1.54, 1.807) is 25.1 Å². The molecule has 142 valence electrons. The second kappa shape index (κ2) is 8.20. The van der Waals surface area contributed by atoms with Gasteiger partial charge in [-0.3, -0.25) is 10.1 Å². The molecule has 27 heavy (non-hydrogen) atoms. The maximum Gasteiger partial charge on any atom is 0.322 e. The van der Waals surface area contributed by atoms with Gasteiger partial charge < -0.3 is 4.42 Å². The lowest BCUT2D eigenvalue weighted by Gasteiger charge is -2.04. The molecule has 1 aromatic carbocycles. The van der Waals surface area contributed by atoms with Gasteiger partial charge >= 0.3 is 6.01 Å². The summed E-state index contributed by atoms with van der Waals surface area (Å²) in [6, 6.07) is 9.90. The van der Waals surface area contributed by atoms with Crippen molar-refractivity contribution < 1.29 is 17.6 Å². The number of halogens is 1. The second-order valence-corrected chi connectivity index (χ2v) is 9.73. The van der Waals surface area contributed by atoms with Crippen molar-refractivity contribution in [1.82, 2.24) is 10.2 Å². The first-order valence-corrected chi connectivity index (χ1v) is 10.9. The molecule has 2 heterocycles. The number of nitrogens with one attached hydrogen (secondary N) is 1. The van der Waals surface area contributed by atoms with E-state index >= 15 is 0 Å². The zero-order chi connectivity index (χ0) is 19.4. The minimum Gasteiger partial charge on any atom is -0.407 e. The van der Waals surface area contributed by atoms with Crippen LogP contribution in [0.25, 0.3) is 0 Å². The molecule has 1 N–H and O–H groups in total. The van der Waals surface area contributed by atoms with Crippen LogP contribution in [0.15, 0.2) is 45.7 Å². The summed E-state index contributed by atoms with van der Waals surface area (Å²) in [4.78, 5) is 13.3. The highest BCUT2D eigenvalue weighted by molar-refractivity contribution is 7.91. The number of amides is 1. The van der Waals surface area contributed by atoms with Gasteiger partial charge in [0.25, 0.3) is 0 Å². The fourth-order valence-electron chi connectivity index (χ4n) is 2.30. The molecule has 0 saturated carbocycles. The highest BCUT2D eigenvalue weighted by atomic mass is 35.5. The van der Waals surface area contributed by atoms with E-state index in [0.717, 1.165) is 4.88 Å². The largest absolute Gasteiger partial charge is 0.407 e. The number of thiophene rings is 1. The van der Waals surface area contributed by atoms with Crippen LogP contribution in [0.1, 0.15) is 23.3 Å². The lowest BCUT2D eigenvalue weighted by Crippen LogP contribution is -2.14. The van der Waals surface area contributed by atoms with Crippen molar-refractivity contribution >= 4 is 44.7 Å². The van der Waals surface area contributed by atoms with Crippen molar-refractivity contribution in [3.8, 4) is 0 Å². The SMILES string of the molecule is CCS(=O)(=O)c1ccc(CC(=O)Nc2nnc(Cc3ccc(Cl)s3)o2)cc1. The summed E-state index contributed by atoms with van der Waals surface area (Å²) in [5.74, 6) is 0.0673. The average Bonchev–Trinajstić information content (AvgIpc) is 3.24. The van der Waals surface area contributed by atoms with E-state index < -0.39 is 9.84 Å². The molecule has 1 amide bonds. The summed E-state index contributed by atoms with van der Waals surface area (Å²) >= 11 is 7.30. The number of carbonyl (C=O) groups is 1. The molecule has 0 bridgehead atoms. The van der Waals surface area contributed by atoms with E-state index in [2.05, 4.69) is 15.5 Å². The Hall–Kier alpha value is -2.23. The predicted octanol–water partition coefficient (Wildman–Crippen LogP) is 3.35. The van der Waals surface area contributed by atoms with Gasteiger partial charge in [0.15, 0.2) is 9.84 Å². The van der Waals surface area contributed by atoms with Gasteiger partial charge in [-0.1, -0.05) is 35.8 Å². The van der Waals surface area contributed by atoms with Crippen LogP contribution < -0.4 is 5.32 Å². The average molecular weight is 426 g/mol. The maximum absolute atomic E-state index is 12.1. The summed E-state index contributed by atoms with van der Waals surface area (Å²) < 4.78 is 29.7. The fourth-order valence-corrected chi connectivity index (χ4v) is 4.26. The van der Waals surface area contributed by atoms with Crippen molar-refractivity contribution in [1.29, 1.82) is 0 Å². The Kier molecular flexibility index (Phi) is 5.93. The van der Waals surface area contributed by atoms with E-state index in [-0.39, 0.29) is 29.0 Å². The van der Waals surface area contributed by atoms with Gasteiger partial charge in [0, 0.05) is 4.88 Å². The summed E-state index contributed by atoms with van der Waals surface area (Å²) in [5.41, 5.74) is 0.676. The molecule has 0 atom stereocenters. The van der Waals surface area contributed by atoms with Crippen LogP contribution in [0.4, 0.5) is 6.01 Å². The Balaban J connectivity index is 1.58. The zero-order valence-electron chi connectivity index (χ0n) is 14.3. The number of nitrogens with zero attached hydrogens (tertiary/aromatic N) is 2. The first-order chi connectivity index (χ1) is 12.9. The molecular formula is C17H16ClN3O4S2. The maximum atomic E-state index is 12.1. The highest BCUT2D eigenvalue weighted by Crippen LogP contribution is 2.24. The molecular weight excluding hydrogens is 410 g/mol. The molecule has 7 nitrogen and oxygen atoms in total. The van der Waals surface area contributed by atoms with Gasteiger partial charge in [0.2, 0.25) is 11.8 Å². The lowest BCUT2D eigenvalue weighted by atomic mass is 10.1. The Bertz CT molecular complexity index is 1040. The first kappa shape index (κ1) is 19.5.